The zero-order valence-electron chi connectivity index (χ0n) is 14.2. The average Bonchev–Trinajstić information content (AvgIpc) is 2.91. The smallest absolute Gasteiger partial charge is 0.355 e. The molecule has 1 aromatic heterocycles. The van der Waals surface area contributed by atoms with Gasteiger partial charge in [-0.3, -0.25) is 4.79 Å². The lowest BCUT2D eigenvalue weighted by atomic mass is 10.0. The van der Waals surface area contributed by atoms with Crippen LogP contribution in [0.2, 0.25) is 0 Å². The van der Waals surface area contributed by atoms with Crippen LogP contribution in [-0.2, 0) is 17.7 Å². The molecule has 2 aromatic rings. The Morgan fingerprint density at radius 2 is 2.04 bits per heavy atom. The van der Waals surface area contributed by atoms with Crippen molar-refractivity contribution in [1.29, 1.82) is 0 Å². The van der Waals surface area contributed by atoms with Gasteiger partial charge in [0.2, 0.25) is 0 Å². The highest BCUT2D eigenvalue weighted by Gasteiger charge is 2.24. The molecule has 0 atom stereocenters. The van der Waals surface area contributed by atoms with E-state index in [9.17, 15) is 9.59 Å². The third-order valence-corrected chi connectivity index (χ3v) is 3.77. The number of nitrogens with one attached hydrogen (secondary N) is 2. The van der Waals surface area contributed by atoms with Gasteiger partial charge in [-0.25, -0.2) is 4.79 Å². The summed E-state index contributed by atoms with van der Waals surface area (Å²) < 4.78 is 5.05. The van der Waals surface area contributed by atoms with Gasteiger partial charge in [0.15, 0.2) is 0 Å². The number of nitrogens with two attached hydrogens (primary N) is 1. The molecule has 24 heavy (non-hydrogen) atoms. The molecule has 0 aliphatic carbocycles. The molecule has 1 amide bonds. The highest BCUT2D eigenvalue weighted by Crippen LogP contribution is 2.22. The van der Waals surface area contributed by atoms with Crippen LogP contribution in [0.3, 0.4) is 0 Å². The number of benzene rings is 1. The summed E-state index contributed by atoms with van der Waals surface area (Å²) in [6.45, 7) is 6.11. The lowest BCUT2D eigenvalue weighted by Crippen LogP contribution is -2.15. The van der Waals surface area contributed by atoms with Crippen molar-refractivity contribution in [3.63, 3.8) is 0 Å². The predicted molar refractivity (Wildman–Crippen MR) is 93.2 cm³/mol. The molecule has 0 spiro atoms. The van der Waals surface area contributed by atoms with Gasteiger partial charge in [-0.2, -0.15) is 0 Å². The van der Waals surface area contributed by atoms with E-state index in [1.807, 2.05) is 25.1 Å². The number of hydrogen-bond acceptors (Lipinski definition) is 4. The molecular formula is C18H23N3O3. The first kappa shape index (κ1) is 17.7. The van der Waals surface area contributed by atoms with E-state index in [1.165, 1.54) is 0 Å². The monoisotopic (exact) mass is 329 g/mol. The van der Waals surface area contributed by atoms with Crippen molar-refractivity contribution in [2.75, 3.05) is 11.9 Å². The number of aryl methyl sites for hydroxylation is 1. The Kier molecular flexibility index (Phi) is 5.76. The third kappa shape index (κ3) is 3.65. The van der Waals surface area contributed by atoms with Gasteiger partial charge in [-0.1, -0.05) is 19.1 Å². The van der Waals surface area contributed by atoms with Crippen molar-refractivity contribution in [1.82, 2.24) is 4.98 Å². The van der Waals surface area contributed by atoms with Gasteiger partial charge < -0.3 is 20.8 Å². The van der Waals surface area contributed by atoms with Crippen molar-refractivity contribution in [3.8, 4) is 0 Å². The number of anilines is 1. The summed E-state index contributed by atoms with van der Waals surface area (Å²) in [5.74, 6) is -0.702. The Morgan fingerprint density at radius 3 is 2.67 bits per heavy atom. The molecular weight excluding hydrogens is 306 g/mol. The summed E-state index contributed by atoms with van der Waals surface area (Å²) in [5.41, 5.74) is 9.36. The summed E-state index contributed by atoms with van der Waals surface area (Å²) >= 11 is 0. The van der Waals surface area contributed by atoms with Crippen LogP contribution in [-0.4, -0.2) is 23.5 Å². The minimum absolute atomic E-state index is 0.259. The molecule has 6 heteroatoms. The van der Waals surface area contributed by atoms with Crippen molar-refractivity contribution in [2.24, 2.45) is 5.73 Å². The quantitative estimate of drug-likeness (QED) is 0.710. The van der Waals surface area contributed by atoms with E-state index in [0.717, 1.165) is 5.56 Å². The van der Waals surface area contributed by atoms with Gasteiger partial charge in [-0.05, 0) is 43.5 Å². The van der Waals surface area contributed by atoms with Crippen LogP contribution in [0.25, 0.3) is 0 Å². The van der Waals surface area contributed by atoms with Crippen LogP contribution in [0.5, 0.6) is 0 Å². The molecule has 0 bridgehead atoms. The molecule has 0 unspecified atom stereocenters. The lowest BCUT2D eigenvalue weighted by molar-refractivity contribution is 0.0519. The van der Waals surface area contributed by atoms with Gasteiger partial charge in [0.1, 0.15) is 5.69 Å². The minimum atomic E-state index is -0.443. The summed E-state index contributed by atoms with van der Waals surface area (Å²) in [4.78, 5) is 27.7. The van der Waals surface area contributed by atoms with Crippen LogP contribution < -0.4 is 11.1 Å². The fourth-order valence-electron chi connectivity index (χ4n) is 2.68. The highest BCUT2D eigenvalue weighted by atomic mass is 16.5. The molecule has 1 aromatic carbocycles. The largest absolute Gasteiger partial charge is 0.461 e. The van der Waals surface area contributed by atoms with E-state index in [4.69, 9.17) is 10.5 Å². The maximum atomic E-state index is 12.7. The van der Waals surface area contributed by atoms with Crippen LogP contribution >= 0.6 is 0 Å². The Bertz CT molecular complexity index is 750. The number of H-pyrrole nitrogens is 1. The first-order valence-corrected chi connectivity index (χ1v) is 8.00. The van der Waals surface area contributed by atoms with Crippen molar-refractivity contribution in [3.05, 3.63) is 52.3 Å². The molecule has 2 rings (SSSR count). The standard InChI is InChI=1S/C18H23N3O3/c1-4-14-15(11(3)20-16(14)18(23)24-5-2)17(22)21-13-8-6-7-12(9-13)10-19/h6-9,20H,4-5,10,19H2,1-3H3,(H,21,22). The van der Waals surface area contributed by atoms with E-state index in [2.05, 4.69) is 10.3 Å². The van der Waals surface area contributed by atoms with Gasteiger partial charge in [0.25, 0.3) is 5.91 Å². The normalized spacial score (nSPS) is 10.5. The van der Waals surface area contributed by atoms with Crippen molar-refractivity contribution in [2.45, 2.75) is 33.7 Å². The number of hydrogen-bond donors (Lipinski definition) is 3. The van der Waals surface area contributed by atoms with E-state index >= 15 is 0 Å². The Hall–Kier alpha value is -2.60. The van der Waals surface area contributed by atoms with Gasteiger partial charge in [0, 0.05) is 17.9 Å². The highest BCUT2D eigenvalue weighted by molar-refractivity contribution is 6.08. The second-order valence-corrected chi connectivity index (χ2v) is 5.41. The first-order chi connectivity index (χ1) is 11.5. The SMILES string of the molecule is CCOC(=O)c1[nH]c(C)c(C(=O)Nc2cccc(CN)c2)c1CC. The summed E-state index contributed by atoms with van der Waals surface area (Å²) in [6.07, 6.45) is 0.546. The third-order valence-electron chi connectivity index (χ3n) is 3.77. The summed E-state index contributed by atoms with van der Waals surface area (Å²) in [5, 5.41) is 2.87. The molecule has 0 saturated carbocycles. The van der Waals surface area contributed by atoms with E-state index in [-0.39, 0.29) is 12.5 Å². The zero-order chi connectivity index (χ0) is 17.7. The number of aromatic amines is 1. The molecule has 0 fully saturated rings. The number of carbonyl (C=O) groups is 2. The maximum Gasteiger partial charge on any atom is 0.355 e. The Morgan fingerprint density at radius 1 is 1.29 bits per heavy atom. The van der Waals surface area contributed by atoms with Gasteiger partial charge in [0.05, 0.1) is 12.2 Å². The molecule has 0 radical (unpaired) electrons. The molecule has 6 nitrogen and oxygen atoms in total. The molecule has 0 saturated heterocycles. The number of aromatic nitrogens is 1. The number of amides is 1. The lowest BCUT2D eigenvalue weighted by Gasteiger charge is -2.08. The topological polar surface area (TPSA) is 97.2 Å². The van der Waals surface area contributed by atoms with Crippen molar-refractivity contribution < 1.29 is 14.3 Å². The summed E-state index contributed by atoms with van der Waals surface area (Å²) in [7, 11) is 0. The van der Waals surface area contributed by atoms with Crippen LogP contribution in [0.4, 0.5) is 5.69 Å². The molecule has 4 N–H and O–H groups in total. The average molecular weight is 329 g/mol. The number of rotatable bonds is 6. The number of ether oxygens (including phenoxy) is 1. The molecule has 1 heterocycles. The fraction of sp³-hybridized carbons (Fsp3) is 0.333. The van der Waals surface area contributed by atoms with Gasteiger partial charge in [-0.15, -0.1) is 0 Å². The molecule has 128 valence electrons. The second-order valence-electron chi connectivity index (χ2n) is 5.41. The van der Waals surface area contributed by atoms with Crippen LogP contribution in [0, 0.1) is 6.92 Å². The fourth-order valence-corrected chi connectivity index (χ4v) is 2.68. The second kappa shape index (κ2) is 7.79. The van der Waals surface area contributed by atoms with Gasteiger partial charge >= 0.3 is 5.97 Å². The summed E-state index contributed by atoms with van der Waals surface area (Å²) in [6, 6.07) is 7.37. The maximum absolute atomic E-state index is 12.7. The van der Waals surface area contributed by atoms with E-state index < -0.39 is 5.97 Å². The minimum Gasteiger partial charge on any atom is -0.461 e. The Balaban J connectivity index is 2.33. The zero-order valence-corrected chi connectivity index (χ0v) is 14.2. The number of esters is 1. The van der Waals surface area contributed by atoms with E-state index in [1.54, 1.807) is 19.9 Å². The van der Waals surface area contributed by atoms with E-state index in [0.29, 0.717) is 41.2 Å². The molecule has 0 aliphatic heterocycles. The van der Waals surface area contributed by atoms with Crippen molar-refractivity contribution >= 4 is 17.6 Å². The molecule has 0 aliphatic rings. The van der Waals surface area contributed by atoms with Crippen LogP contribution in [0.1, 0.15) is 51.5 Å². The number of carbonyl (C=O) groups excluding carboxylic acids is 2. The Labute approximate surface area is 141 Å². The predicted octanol–water partition coefficient (Wildman–Crippen LogP) is 2.77. The van der Waals surface area contributed by atoms with Crippen LogP contribution in [0.15, 0.2) is 24.3 Å². The first-order valence-electron chi connectivity index (χ1n) is 8.00.